The van der Waals surface area contributed by atoms with Gasteiger partial charge in [0.05, 0.1) is 6.26 Å². The number of hydrogen-bond acceptors (Lipinski definition) is 4. The second-order valence-electron chi connectivity index (χ2n) is 3.98. The van der Waals surface area contributed by atoms with Gasteiger partial charge in [-0.25, -0.2) is 12.7 Å². The number of sulfonamides is 1. The van der Waals surface area contributed by atoms with Crippen LogP contribution in [-0.2, 0) is 16.6 Å². The van der Waals surface area contributed by atoms with E-state index >= 15 is 0 Å². The highest BCUT2D eigenvalue weighted by atomic mass is 79.9. The van der Waals surface area contributed by atoms with Crippen LogP contribution in [0.5, 0.6) is 0 Å². The Hall–Kier alpha value is 0.0500. The molecule has 18 heavy (non-hydrogen) atoms. The fourth-order valence-electron chi connectivity index (χ4n) is 1.59. The summed E-state index contributed by atoms with van der Waals surface area (Å²) in [6.45, 7) is 4.61. The van der Waals surface area contributed by atoms with Gasteiger partial charge in [-0.05, 0) is 40.3 Å². The lowest BCUT2D eigenvalue weighted by molar-refractivity contribution is 0.419. The third kappa shape index (κ3) is 5.36. The first-order valence-corrected chi connectivity index (χ1v) is 9.35. The van der Waals surface area contributed by atoms with Crippen molar-refractivity contribution in [1.82, 2.24) is 9.62 Å². The maximum absolute atomic E-state index is 11.4. The number of nitrogens with zero attached hydrogens (tertiary/aromatic N) is 1. The number of halogens is 1. The van der Waals surface area contributed by atoms with E-state index in [1.807, 2.05) is 18.4 Å². The number of hydrogen-bond donors (Lipinski definition) is 1. The molecule has 0 aliphatic heterocycles. The standard InChI is InChI=1S/C11H19BrN2O2S2/c1-3-14(18(2,15)16)7-4-6-13-9-11-10(12)5-8-17-11/h5,8,13H,3-4,6-7,9H2,1-2H3. The molecular formula is C11H19BrN2O2S2. The highest BCUT2D eigenvalue weighted by Gasteiger charge is 2.12. The van der Waals surface area contributed by atoms with Crippen molar-refractivity contribution in [2.75, 3.05) is 25.9 Å². The molecule has 0 saturated carbocycles. The maximum atomic E-state index is 11.4. The molecule has 0 radical (unpaired) electrons. The van der Waals surface area contributed by atoms with Gasteiger partial charge in [0.2, 0.25) is 10.0 Å². The third-order valence-corrected chi connectivity index (χ3v) is 5.86. The summed E-state index contributed by atoms with van der Waals surface area (Å²) in [6, 6.07) is 2.03. The Balaban J connectivity index is 2.21. The molecule has 4 nitrogen and oxygen atoms in total. The van der Waals surface area contributed by atoms with Crippen LogP contribution in [0.15, 0.2) is 15.9 Å². The van der Waals surface area contributed by atoms with Gasteiger partial charge in [0.15, 0.2) is 0 Å². The van der Waals surface area contributed by atoms with Crippen LogP contribution in [0.4, 0.5) is 0 Å². The van der Waals surface area contributed by atoms with Crippen molar-refractivity contribution in [2.24, 2.45) is 0 Å². The summed E-state index contributed by atoms with van der Waals surface area (Å²) < 4.78 is 25.3. The first-order chi connectivity index (χ1) is 8.45. The van der Waals surface area contributed by atoms with E-state index in [1.54, 1.807) is 11.3 Å². The topological polar surface area (TPSA) is 49.4 Å². The highest BCUT2D eigenvalue weighted by Crippen LogP contribution is 2.21. The van der Waals surface area contributed by atoms with Crippen molar-refractivity contribution in [3.63, 3.8) is 0 Å². The van der Waals surface area contributed by atoms with Crippen molar-refractivity contribution < 1.29 is 8.42 Å². The highest BCUT2D eigenvalue weighted by molar-refractivity contribution is 9.10. The minimum absolute atomic E-state index is 0.537. The summed E-state index contributed by atoms with van der Waals surface area (Å²) in [6.07, 6.45) is 2.08. The molecule has 104 valence electrons. The predicted octanol–water partition coefficient (Wildman–Crippen LogP) is 2.27. The number of rotatable bonds is 8. The molecule has 7 heteroatoms. The van der Waals surface area contributed by atoms with E-state index in [2.05, 4.69) is 21.2 Å². The van der Waals surface area contributed by atoms with E-state index in [9.17, 15) is 8.42 Å². The average molecular weight is 355 g/mol. The summed E-state index contributed by atoms with van der Waals surface area (Å²) in [4.78, 5) is 1.27. The normalized spacial score (nSPS) is 12.2. The van der Waals surface area contributed by atoms with Crippen LogP contribution in [0.3, 0.4) is 0 Å². The second-order valence-corrected chi connectivity index (χ2v) is 7.81. The van der Waals surface area contributed by atoms with Gasteiger partial charge in [0.25, 0.3) is 0 Å². The SMILES string of the molecule is CCN(CCCNCc1sccc1Br)S(C)(=O)=O. The fourth-order valence-corrected chi connectivity index (χ4v) is 3.98. The van der Waals surface area contributed by atoms with Crippen LogP contribution in [-0.4, -0.2) is 38.6 Å². The Bertz CT molecular complexity index is 459. The Labute approximate surface area is 122 Å². The van der Waals surface area contributed by atoms with Crippen LogP contribution < -0.4 is 5.32 Å². The lowest BCUT2D eigenvalue weighted by atomic mass is 10.4. The molecule has 1 heterocycles. The van der Waals surface area contributed by atoms with E-state index in [4.69, 9.17) is 0 Å². The molecule has 0 atom stereocenters. The summed E-state index contributed by atoms with van der Waals surface area (Å²) in [7, 11) is -3.05. The molecule has 0 fully saturated rings. The van der Waals surface area contributed by atoms with Gasteiger partial charge in [-0.2, -0.15) is 0 Å². The molecule has 0 bridgehead atoms. The van der Waals surface area contributed by atoms with Crippen molar-refractivity contribution in [1.29, 1.82) is 0 Å². The quantitative estimate of drug-likeness (QED) is 0.728. The van der Waals surface area contributed by atoms with Crippen molar-refractivity contribution in [2.45, 2.75) is 19.9 Å². The van der Waals surface area contributed by atoms with E-state index in [0.29, 0.717) is 13.1 Å². The molecule has 1 aromatic rings. The van der Waals surface area contributed by atoms with Crippen molar-refractivity contribution in [3.8, 4) is 0 Å². The summed E-state index contributed by atoms with van der Waals surface area (Å²) in [5, 5.41) is 5.36. The van der Waals surface area contributed by atoms with Gasteiger partial charge in [-0.3, -0.25) is 0 Å². The Morgan fingerprint density at radius 1 is 1.50 bits per heavy atom. The van der Waals surface area contributed by atoms with Crippen molar-refractivity contribution in [3.05, 3.63) is 20.8 Å². The van der Waals surface area contributed by atoms with E-state index in [0.717, 1.165) is 24.0 Å². The zero-order valence-corrected chi connectivity index (χ0v) is 13.9. The number of nitrogens with one attached hydrogen (secondary N) is 1. The third-order valence-electron chi connectivity index (χ3n) is 2.56. The summed E-state index contributed by atoms with van der Waals surface area (Å²) in [5.41, 5.74) is 0. The molecular weight excluding hydrogens is 336 g/mol. The van der Waals surface area contributed by atoms with E-state index < -0.39 is 10.0 Å². The largest absolute Gasteiger partial charge is 0.312 e. The summed E-state index contributed by atoms with van der Waals surface area (Å²) >= 11 is 5.19. The molecule has 0 spiro atoms. The van der Waals surface area contributed by atoms with Gasteiger partial charge in [0.1, 0.15) is 0 Å². The molecule has 0 unspecified atom stereocenters. The Morgan fingerprint density at radius 2 is 2.22 bits per heavy atom. The van der Waals surface area contributed by atoms with Gasteiger partial charge in [0, 0.05) is 29.0 Å². The van der Waals surface area contributed by atoms with E-state index in [1.165, 1.54) is 15.4 Å². The Morgan fingerprint density at radius 3 is 2.72 bits per heavy atom. The van der Waals surface area contributed by atoms with Gasteiger partial charge in [-0.15, -0.1) is 11.3 Å². The summed E-state index contributed by atoms with van der Waals surface area (Å²) in [5.74, 6) is 0. The smallest absolute Gasteiger partial charge is 0.211 e. The van der Waals surface area contributed by atoms with E-state index in [-0.39, 0.29) is 0 Å². The zero-order chi connectivity index (χ0) is 13.6. The second kappa shape index (κ2) is 7.59. The molecule has 0 aromatic carbocycles. The molecule has 0 aliphatic carbocycles. The van der Waals surface area contributed by atoms with Crippen LogP contribution in [0.1, 0.15) is 18.2 Å². The molecule has 1 aromatic heterocycles. The van der Waals surface area contributed by atoms with Crippen molar-refractivity contribution >= 4 is 37.3 Å². The predicted molar refractivity (Wildman–Crippen MR) is 80.4 cm³/mol. The minimum atomic E-state index is -3.05. The lowest BCUT2D eigenvalue weighted by Crippen LogP contribution is -2.32. The molecule has 0 aliphatic rings. The van der Waals surface area contributed by atoms with Crippen LogP contribution >= 0.6 is 27.3 Å². The van der Waals surface area contributed by atoms with Crippen LogP contribution in [0.2, 0.25) is 0 Å². The van der Waals surface area contributed by atoms with Gasteiger partial charge in [-0.1, -0.05) is 6.92 Å². The fraction of sp³-hybridized carbons (Fsp3) is 0.636. The van der Waals surface area contributed by atoms with Gasteiger partial charge < -0.3 is 5.32 Å². The maximum Gasteiger partial charge on any atom is 0.211 e. The zero-order valence-electron chi connectivity index (χ0n) is 10.6. The number of thiophene rings is 1. The van der Waals surface area contributed by atoms with Crippen LogP contribution in [0.25, 0.3) is 0 Å². The first-order valence-electron chi connectivity index (χ1n) is 5.83. The molecule has 0 amide bonds. The molecule has 1 N–H and O–H groups in total. The average Bonchev–Trinajstić information content (AvgIpc) is 2.67. The Kier molecular flexibility index (Phi) is 6.79. The monoisotopic (exact) mass is 354 g/mol. The van der Waals surface area contributed by atoms with Gasteiger partial charge >= 0.3 is 0 Å². The lowest BCUT2D eigenvalue weighted by Gasteiger charge is -2.17. The molecule has 1 rings (SSSR count). The first kappa shape index (κ1) is 16.1. The molecule has 0 saturated heterocycles. The van der Waals surface area contributed by atoms with Crippen LogP contribution in [0, 0.1) is 0 Å². The minimum Gasteiger partial charge on any atom is -0.312 e.